The van der Waals surface area contributed by atoms with Gasteiger partial charge < -0.3 is 28.5 Å². The van der Waals surface area contributed by atoms with Crippen LogP contribution < -0.4 is 0 Å². The minimum Gasteiger partial charge on any atom is -0.477 e. The standard InChI is InChI=1S/C66H107NO8/c1-6-8-10-12-14-16-18-20-22-24-26-27-28-29-30-31-32-33-34-35-36-37-39-41-43-45-47-49-51-53-55-57-64(69)75-62(61-74-66(65(70)71)72-59-58-67(3,4)5)60-73-63(68)56-54-52-50-48-46-44-42-40-38-25-23-21-19-17-15-13-11-9-7-2/h8,10,14-17,20-23,26-27,29-30,32-33,35-36,39,41,45,47,62,66H,6-7,9,11-13,18-19,24-25,28,31,34,37-38,40,42-44,46,48-61H2,1-5H3/p+1/b10-8-,16-14-,17-15-,22-20-,23-21-,27-26-,30-29-,33-32-,36-35-,41-39-,47-45-. The Morgan fingerprint density at radius 1 is 0.413 bits per heavy atom. The van der Waals surface area contributed by atoms with Crippen molar-refractivity contribution in [2.24, 2.45) is 0 Å². The molecule has 0 fully saturated rings. The predicted octanol–water partition coefficient (Wildman–Crippen LogP) is 17.5. The summed E-state index contributed by atoms with van der Waals surface area (Å²) >= 11 is 0. The Morgan fingerprint density at radius 2 is 0.760 bits per heavy atom. The van der Waals surface area contributed by atoms with Gasteiger partial charge in [0.2, 0.25) is 0 Å². The summed E-state index contributed by atoms with van der Waals surface area (Å²) in [5.41, 5.74) is 0. The molecule has 2 unspecified atom stereocenters. The van der Waals surface area contributed by atoms with Crippen LogP contribution in [0.1, 0.15) is 206 Å². The van der Waals surface area contributed by atoms with Crippen molar-refractivity contribution in [1.29, 1.82) is 0 Å². The van der Waals surface area contributed by atoms with Crippen LogP contribution >= 0.6 is 0 Å². The number of hydrogen-bond acceptors (Lipinski definition) is 7. The van der Waals surface area contributed by atoms with Crippen LogP contribution in [-0.4, -0.2) is 87.4 Å². The molecule has 0 bridgehead atoms. The van der Waals surface area contributed by atoms with Crippen LogP contribution in [0.4, 0.5) is 0 Å². The molecular weight excluding hydrogens is 935 g/mol. The first-order chi connectivity index (χ1) is 36.6. The number of carbonyl (C=O) groups excluding carboxylic acids is 2. The minimum absolute atomic E-state index is 0.172. The summed E-state index contributed by atoms with van der Waals surface area (Å²) in [6.07, 6.45) is 76.7. The number of aliphatic carboxylic acids is 1. The predicted molar refractivity (Wildman–Crippen MR) is 317 cm³/mol. The fraction of sp³-hybridized carbons (Fsp3) is 0.621. The highest BCUT2D eigenvalue weighted by molar-refractivity contribution is 5.71. The number of hydrogen-bond donors (Lipinski definition) is 1. The smallest absolute Gasteiger partial charge is 0.361 e. The summed E-state index contributed by atoms with van der Waals surface area (Å²) in [5.74, 6) is -2.07. The Balaban J connectivity index is 4.37. The van der Waals surface area contributed by atoms with Crippen molar-refractivity contribution in [1.82, 2.24) is 0 Å². The highest BCUT2D eigenvalue weighted by Crippen LogP contribution is 2.14. The van der Waals surface area contributed by atoms with Crippen LogP contribution in [0.2, 0.25) is 0 Å². The minimum atomic E-state index is -1.53. The third kappa shape index (κ3) is 57.0. The van der Waals surface area contributed by atoms with Crippen LogP contribution in [0.25, 0.3) is 0 Å². The number of allylic oxidation sites excluding steroid dienone is 22. The maximum absolute atomic E-state index is 12.9. The molecule has 0 aromatic rings. The molecule has 2 atom stereocenters. The molecule has 0 aliphatic rings. The third-order valence-corrected chi connectivity index (χ3v) is 11.9. The van der Waals surface area contributed by atoms with E-state index in [1.165, 1.54) is 57.8 Å². The number of quaternary nitrogens is 1. The van der Waals surface area contributed by atoms with Gasteiger partial charge in [0.1, 0.15) is 13.2 Å². The van der Waals surface area contributed by atoms with E-state index in [9.17, 15) is 19.5 Å². The number of ether oxygens (including phenoxy) is 4. The van der Waals surface area contributed by atoms with Crippen LogP contribution in [0.5, 0.6) is 0 Å². The van der Waals surface area contributed by atoms with Crippen LogP contribution in [0, 0.1) is 0 Å². The number of esters is 2. The van der Waals surface area contributed by atoms with Crippen molar-refractivity contribution in [2.75, 3.05) is 47.5 Å². The van der Waals surface area contributed by atoms with Crippen LogP contribution in [-0.2, 0) is 33.3 Å². The molecule has 75 heavy (non-hydrogen) atoms. The zero-order chi connectivity index (χ0) is 54.8. The molecule has 0 aliphatic heterocycles. The second-order valence-corrected chi connectivity index (χ2v) is 20.2. The van der Waals surface area contributed by atoms with Crippen molar-refractivity contribution in [3.63, 3.8) is 0 Å². The van der Waals surface area contributed by atoms with E-state index >= 15 is 0 Å². The van der Waals surface area contributed by atoms with E-state index in [0.717, 1.165) is 116 Å². The lowest BCUT2D eigenvalue weighted by atomic mass is 10.1. The van der Waals surface area contributed by atoms with Gasteiger partial charge in [0, 0.05) is 12.8 Å². The van der Waals surface area contributed by atoms with Gasteiger partial charge in [-0.2, -0.15) is 0 Å². The molecule has 9 heteroatoms. The molecule has 0 radical (unpaired) electrons. The zero-order valence-electron chi connectivity index (χ0n) is 48.2. The maximum Gasteiger partial charge on any atom is 0.361 e. The normalized spacial score (nSPS) is 13.8. The van der Waals surface area contributed by atoms with Gasteiger partial charge in [-0.3, -0.25) is 9.59 Å². The summed E-state index contributed by atoms with van der Waals surface area (Å²) in [7, 11) is 5.94. The highest BCUT2D eigenvalue weighted by atomic mass is 16.7. The van der Waals surface area contributed by atoms with E-state index in [2.05, 4.69) is 148 Å². The summed E-state index contributed by atoms with van der Waals surface area (Å²) in [6, 6.07) is 0. The van der Waals surface area contributed by atoms with Gasteiger partial charge in [-0.25, -0.2) is 4.79 Å². The molecule has 0 spiro atoms. The lowest BCUT2D eigenvalue weighted by molar-refractivity contribution is -0.870. The molecule has 0 heterocycles. The Labute approximate surface area is 459 Å². The Bertz CT molecular complexity index is 1690. The van der Waals surface area contributed by atoms with Gasteiger partial charge in [-0.05, 0) is 116 Å². The van der Waals surface area contributed by atoms with Gasteiger partial charge in [0.15, 0.2) is 6.10 Å². The quantitative estimate of drug-likeness (QED) is 0.0211. The first kappa shape index (κ1) is 70.4. The van der Waals surface area contributed by atoms with Crippen molar-refractivity contribution in [2.45, 2.75) is 219 Å². The molecule has 424 valence electrons. The molecule has 0 saturated carbocycles. The molecule has 9 nitrogen and oxygen atoms in total. The molecule has 0 aromatic carbocycles. The molecule has 0 aliphatic carbocycles. The summed E-state index contributed by atoms with van der Waals surface area (Å²) in [6.45, 7) is 4.67. The molecular formula is C66H108NO8+. The fourth-order valence-corrected chi connectivity index (χ4v) is 7.39. The van der Waals surface area contributed by atoms with Crippen molar-refractivity contribution >= 4 is 17.9 Å². The fourth-order valence-electron chi connectivity index (χ4n) is 7.39. The second-order valence-electron chi connectivity index (χ2n) is 20.2. The monoisotopic (exact) mass is 1040 g/mol. The topological polar surface area (TPSA) is 108 Å². The van der Waals surface area contributed by atoms with E-state index in [4.69, 9.17) is 18.9 Å². The first-order valence-corrected chi connectivity index (χ1v) is 29.3. The second kappa shape index (κ2) is 55.7. The number of unbranched alkanes of at least 4 members (excludes halogenated alkanes) is 15. The van der Waals surface area contributed by atoms with E-state index in [-0.39, 0.29) is 38.6 Å². The highest BCUT2D eigenvalue weighted by Gasteiger charge is 2.25. The van der Waals surface area contributed by atoms with Gasteiger partial charge >= 0.3 is 17.9 Å². The molecule has 0 amide bonds. The lowest BCUT2D eigenvalue weighted by Crippen LogP contribution is -2.40. The van der Waals surface area contributed by atoms with Crippen LogP contribution in [0.3, 0.4) is 0 Å². The van der Waals surface area contributed by atoms with Crippen molar-refractivity contribution in [3.8, 4) is 0 Å². The Hall–Kier alpha value is -4.57. The average Bonchev–Trinajstić information content (AvgIpc) is 3.38. The number of rotatable bonds is 52. The Kier molecular flexibility index (Phi) is 52.3. The average molecular weight is 1040 g/mol. The summed E-state index contributed by atoms with van der Waals surface area (Å²) in [5, 5.41) is 9.70. The van der Waals surface area contributed by atoms with Gasteiger partial charge in [-0.1, -0.05) is 212 Å². The molecule has 0 aromatic heterocycles. The maximum atomic E-state index is 12.9. The van der Waals surface area contributed by atoms with E-state index in [1.807, 2.05) is 21.1 Å². The van der Waals surface area contributed by atoms with Gasteiger partial charge in [0.25, 0.3) is 6.29 Å². The SMILES string of the molecule is CC/C=C\C/C=C\C/C=C\C/C=C\C/C=C\C/C=C\C/C=C\C/C=C\C/C=C\CCCCCC(=O)OC(COC(=O)CCCCCCCCCCC/C=C\C/C=C\CCCCC)COC(OCC[N+](C)(C)C)C(=O)O. The van der Waals surface area contributed by atoms with E-state index < -0.39 is 24.3 Å². The number of carbonyl (C=O) groups is 3. The number of carboxylic acid groups (broad SMARTS) is 1. The molecule has 0 rings (SSSR count). The summed E-state index contributed by atoms with van der Waals surface area (Å²) in [4.78, 5) is 37.4. The number of likely N-dealkylation sites (N-methyl/N-ethyl adjacent to an activating group) is 1. The third-order valence-electron chi connectivity index (χ3n) is 11.9. The number of carboxylic acids is 1. The Morgan fingerprint density at radius 3 is 1.15 bits per heavy atom. The summed E-state index contributed by atoms with van der Waals surface area (Å²) < 4.78 is 22.8. The van der Waals surface area contributed by atoms with E-state index in [1.54, 1.807) is 0 Å². The molecule has 1 N–H and O–H groups in total. The molecule has 0 saturated heterocycles. The van der Waals surface area contributed by atoms with E-state index in [0.29, 0.717) is 17.4 Å². The van der Waals surface area contributed by atoms with Crippen molar-refractivity contribution < 1.29 is 42.9 Å². The largest absolute Gasteiger partial charge is 0.477 e. The van der Waals surface area contributed by atoms with Crippen molar-refractivity contribution in [3.05, 3.63) is 134 Å². The van der Waals surface area contributed by atoms with Gasteiger partial charge in [-0.15, -0.1) is 0 Å². The number of nitrogens with zero attached hydrogens (tertiary/aromatic N) is 1. The van der Waals surface area contributed by atoms with Gasteiger partial charge in [0.05, 0.1) is 34.4 Å². The van der Waals surface area contributed by atoms with Crippen LogP contribution in [0.15, 0.2) is 134 Å². The first-order valence-electron chi connectivity index (χ1n) is 29.3. The zero-order valence-corrected chi connectivity index (χ0v) is 48.2. The lowest BCUT2D eigenvalue weighted by Gasteiger charge is -2.25.